The first-order valence-electron chi connectivity index (χ1n) is 7.60. The van der Waals surface area contributed by atoms with Crippen molar-refractivity contribution in [1.29, 1.82) is 0 Å². The van der Waals surface area contributed by atoms with Crippen molar-refractivity contribution in [2.45, 2.75) is 25.9 Å². The molecular formula is C16H20N2O3. The number of likely N-dealkylation sites (tertiary alicyclic amines) is 1. The van der Waals surface area contributed by atoms with Gasteiger partial charge in [0.25, 0.3) is 0 Å². The van der Waals surface area contributed by atoms with E-state index in [1.165, 1.54) is 11.1 Å². The molecule has 2 saturated heterocycles. The molecule has 21 heavy (non-hydrogen) atoms. The van der Waals surface area contributed by atoms with Crippen LogP contribution in [0.15, 0.2) is 12.1 Å². The molecule has 0 aliphatic carbocycles. The van der Waals surface area contributed by atoms with Crippen LogP contribution >= 0.6 is 0 Å². The van der Waals surface area contributed by atoms with Gasteiger partial charge in [0.2, 0.25) is 5.91 Å². The van der Waals surface area contributed by atoms with Crippen molar-refractivity contribution < 1.29 is 14.3 Å². The SMILES string of the molecule is Cc1cc2c(cc1CN1C[C@@H]3CC(=O)N[C@@H]3C1)OCCO2. The topological polar surface area (TPSA) is 50.8 Å². The molecule has 0 bridgehead atoms. The fraction of sp³-hybridized carbons (Fsp3) is 0.562. The maximum atomic E-state index is 11.4. The fourth-order valence-corrected chi connectivity index (χ4v) is 3.61. The number of aryl methyl sites for hydroxylation is 1. The van der Waals surface area contributed by atoms with E-state index in [0.29, 0.717) is 31.6 Å². The maximum Gasteiger partial charge on any atom is 0.220 e. The molecule has 3 aliphatic heterocycles. The Morgan fingerprint density at radius 1 is 1.24 bits per heavy atom. The third-order valence-corrected chi connectivity index (χ3v) is 4.71. The summed E-state index contributed by atoms with van der Waals surface area (Å²) in [5.41, 5.74) is 2.52. The van der Waals surface area contributed by atoms with Gasteiger partial charge in [0.05, 0.1) is 0 Å². The first kappa shape index (κ1) is 13.0. The predicted molar refractivity (Wildman–Crippen MR) is 77.5 cm³/mol. The molecule has 5 heteroatoms. The average Bonchev–Trinajstić information content (AvgIpc) is 2.96. The van der Waals surface area contributed by atoms with Crippen LogP contribution < -0.4 is 14.8 Å². The van der Waals surface area contributed by atoms with Crippen LogP contribution in [0.25, 0.3) is 0 Å². The molecule has 3 aliphatic rings. The Labute approximate surface area is 124 Å². The Bertz CT molecular complexity index is 571. The molecule has 2 atom stereocenters. The molecule has 3 heterocycles. The summed E-state index contributed by atoms with van der Waals surface area (Å²) in [7, 11) is 0. The first-order chi connectivity index (χ1) is 10.2. The summed E-state index contributed by atoms with van der Waals surface area (Å²) in [5.74, 6) is 2.40. The van der Waals surface area contributed by atoms with Gasteiger partial charge < -0.3 is 14.8 Å². The molecule has 5 nitrogen and oxygen atoms in total. The summed E-state index contributed by atoms with van der Waals surface area (Å²) in [6.07, 6.45) is 0.682. The van der Waals surface area contributed by atoms with Crippen molar-refractivity contribution in [2.75, 3.05) is 26.3 Å². The van der Waals surface area contributed by atoms with E-state index in [9.17, 15) is 4.79 Å². The van der Waals surface area contributed by atoms with Gasteiger partial charge in [0, 0.05) is 38.0 Å². The van der Waals surface area contributed by atoms with Crippen LogP contribution in [0.2, 0.25) is 0 Å². The molecule has 0 spiro atoms. The number of benzene rings is 1. The lowest BCUT2D eigenvalue weighted by atomic mass is 10.1. The Morgan fingerprint density at radius 2 is 2.00 bits per heavy atom. The zero-order chi connectivity index (χ0) is 14.4. The molecule has 0 saturated carbocycles. The summed E-state index contributed by atoms with van der Waals surface area (Å²) in [6.45, 7) is 6.22. The van der Waals surface area contributed by atoms with Crippen molar-refractivity contribution >= 4 is 5.91 Å². The number of nitrogens with one attached hydrogen (secondary N) is 1. The largest absolute Gasteiger partial charge is 0.486 e. The molecular weight excluding hydrogens is 268 g/mol. The number of hydrogen-bond donors (Lipinski definition) is 1. The number of carbonyl (C=O) groups is 1. The number of ether oxygens (including phenoxy) is 2. The predicted octanol–water partition coefficient (Wildman–Crippen LogP) is 1.09. The van der Waals surface area contributed by atoms with Crippen molar-refractivity contribution in [3.8, 4) is 11.5 Å². The van der Waals surface area contributed by atoms with Gasteiger partial charge in [-0.2, -0.15) is 0 Å². The summed E-state index contributed by atoms with van der Waals surface area (Å²) >= 11 is 0. The first-order valence-corrected chi connectivity index (χ1v) is 7.60. The zero-order valence-corrected chi connectivity index (χ0v) is 12.2. The molecule has 1 aromatic carbocycles. The second kappa shape index (κ2) is 4.91. The monoisotopic (exact) mass is 288 g/mol. The number of nitrogens with zero attached hydrogens (tertiary/aromatic N) is 1. The van der Waals surface area contributed by atoms with Gasteiger partial charge in [-0.15, -0.1) is 0 Å². The molecule has 1 aromatic rings. The van der Waals surface area contributed by atoms with E-state index in [1.807, 2.05) is 0 Å². The Balaban J connectivity index is 1.49. The van der Waals surface area contributed by atoms with Gasteiger partial charge >= 0.3 is 0 Å². The highest BCUT2D eigenvalue weighted by Gasteiger charge is 2.39. The van der Waals surface area contributed by atoms with Crippen molar-refractivity contribution in [3.05, 3.63) is 23.3 Å². The van der Waals surface area contributed by atoms with Crippen LogP contribution in [0.1, 0.15) is 17.5 Å². The van der Waals surface area contributed by atoms with Gasteiger partial charge in [0.15, 0.2) is 11.5 Å². The number of amides is 1. The minimum absolute atomic E-state index is 0.208. The number of rotatable bonds is 2. The van der Waals surface area contributed by atoms with E-state index in [0.717, 1.165) is 31.1 Å². The van der Waals surface area contributed by atoms with E-state index in [-0.39, 0.29) is 5.91 Å². The molecule has 4 rings (SSSR count). The molecule has 112 valence electrons. The minimum atomic E-state index is 0.208. The van der Waals surface area contributed by atoms with Crippen LogP contribution in [0.5, 0.6) is 11.5 Å². The smallest absolute Gasteiger partial charge is 0.220 e. The van der Waals surface area contributed by atoms with Crippen LogP contribution in [-0.4, -0.2) is 43.2 Å². The third-order valence-electron chi connectivity index (χ3n) is 4.71. The van der Waals surface area contributed by atoms with E-state index in [4.69, 9.17) is 9.47 Å². The van der Waals surface area contributed by atoms with Crippen LogP contribution in [0.3, 0.4) is 0 Å². The highest BCUT2D eigenvalue weighted by molar-refractivity contribution is 5.79. The van der Waals surface area contributed by atoms with Crippen LogP contribution in [0, 0.1) is 12.8 Å². The quantitative estimate of drug-likeness (QED) is 0.885. The molecule has 1 N–H and O–H groups in total. The Hall–Kier alpha value is -1.75. The molecule has 2 fully saturated rings. The van der Waals surface area contributed by atoms with Gasteiger partial charge in [-0.25, -0.2) is 0 Å². The highest BCUT2D eigenvalue weighted by Crippen LogP contribution is 2.34. The number of carbonyl (C=O) groups excluding carboxylic acids is 1. The molecule has 0 unspecified atom stereocenters. The summed E-state index contributed by atoms with van der Waals surface area (Å²) in [4.78, 5) is 13.8. The van der Waals surface area contributed by atoms with Gasteiger partial charge in [-0.3, -0.25) is 9.69 Å². The van der Waals surface area contributed by atoms with Crippen LogP contribution in [-0.2, 0) is 11.3 Å². The lowest BCUT2D eigenvalue weighted by molar-refractivity contribution is -0.119. The normalized spacial score (nSPS) is 27.6. The van der Waals surface area contributed by atoms with Gasteiger partial charge in [-0.1, -0.05) is 0 Å². The van der Waals surface area contributed by atoms with Crippen molar-refractivity contribution in [2.24, 2.45) is 5.92 Å². The van der Waals surface area contributed by atoms with Gasteiger partial charge in [0.1, 0.15) is 13.2 Å². The fourth-order valence-electron chi connectivity index (χ4n) is 3.61. The summed E-state index contributed by atoms with van der Waals surface area (Å²) in [5, 5.41) is 3.07. The van der Waals surface area contributed by atoms with Crippen molar-refractivity contribution in [1.82, 2.24) is 10.2 Å². The molecule has 0 radical (unpaired) electrons. The third kappa shape index (κ3) is 2.35. The Kier molecular flexibility index (Phi) is 3.03. The standard InChI is InChI=1S/C16H20N2O3/c1-10-4-14-15(21-3-2-20-14)5-11(10)7-18-8-12-6-16(19)17-13(12)9-18/h4-5,12-13H,2-3,6-9H2,1H3,(H,17,19)/t12-,13+/m0/s1. The average molecular weight is 288 g/mol. The minimum Gasteiger partial charge on any atom is -0.486 e. The number of fused-ring (bicyclic) bond motifs is 2. The summed E-state index contributed by atoms with van der Waals surface area (Å²) < 4.78 is 11.3. The Morgan fingerprint density at radius 3 is 2.76 bits per heavy atom. The molecule has 1 amide bonds. The van der Waals surface area contributed by atoms with E-state index in [2.05, 4.69) is 29.3 Å². The van der Waals surface area contributed by atoms with Gasteiger partial charge in [-0.05, 0) is 30.2 Å². The van der Waals surface area contributed by atoms with E-state index in [1.54, 1.807) is 0 Å². The maximum absolute atomic E-state index is 11.4. The highest BCUT2D eigenvalue weighted by atomic mass is 16.6. The second-order valence-corrected chi connectivity index (χ2v) is 6.25. The second-order valence-electron chi connectivity index (χ2n) is 6.25. The molecule has 0 aromatic heterocycles. The van der Waals surface area contributed by atoms with E-state index < -0.39 is 0 Å². The van der Waals surface area contributed by atoms with E-state index >= 15 is 0 Å². The summed E-state index contributed by atoms with van der Waals surface area (Å²) in [6, 6.07) is 4.52. The van der Waals surface area contributed by atoms with Crippen LogP contribution in [0.4, 0.5) is 0 Å². The lowest BCUT2D eigenvalue weighted by Gasteiger charge is -2.23. The van der Waals surface area contributed by atoms with Crippen molar-refractivity contribution in [3.63, 3.8) is 0 Å². The lowest BCUT2D eigenvalue weighted by Crippen LogP contribution is -2.32. The number of hydrogen-bond acceptors (Lipinski definition) is 4. The zero-order valence-electron chi connectivity index (χ0n) is 12.2.